The molecule has 7 nitrogen and oxygen atoms in total. The molecule has 5 fully saturated rings. The summed E-state index contributed by atoms with van der Waals surface area (Å²) in [6.07, 6.45) is 9.52. The summed E-state index contributed by atoms with van der Waals surface area (Å²) >= 11 is 0. The molecule has 2 aromatic carbocycles. The third-order valence-electron chi connectivity index (χ3n) is 17.0. The van der Waals surface area contributed by atoms with Crippen molar-refractivity contribution >= 4 is 17.8 Å². The zero-order chi connectivity index (χ0) is 39.9. The van der Waals surface area contributed by atoms with Gasteiger partial charge >= 0.3 is 5.97 Å². The van der Waals surface area contributed by atoms with Gasteiger partial charge in [0.1, 0.15) is 11.6 Å². The fraction of sp³-hybridized carbons (Fsp3) is 0.630. The lowest BCUT2D eigenvalue weighted by Crippen LogP contribution is -2.67. The van der Waals surface area contributed by atoms with Crippen molar-refractivity contribution in [2.45, 2.75) is 125 Å². The Morgan fingerprint density at radius 1 is 0.818 bits per heavy atom. The summed E-state index contributed by atoms with van der Waals surface area (Å²) in [5, 5.41) is 26.1. The molecule has 0 saturated heterocycles. The molecule has 2 aromatic rings. The number of fused-ring (bicyclic) bond motifs is 7. The highest BCUT2D eigenvalue weighted by Gasteiger charge is 2.71. The molecule has 0 bridgehead atoms. The largest absolute Gasteiger partial charge is 0.478 e. The molecule has 298 valence electrons. The number of hydrogen-bond acceptors (Lipinski definition) is 4. The molecule has 0 aliphatic heterocycles. The van der Waals surface area contributed by atoms with Gasteiger partial charge in [0.15, 0.2) is 0 Å². The zero-order valence-corrected chi connectivity index (χ0v) is 33.5. The third kappa shape index (κ3) is 5.99. The molecule has 0 spiro atoms. The number of aliphatic hydroxyl groups is 1. The van der Waals surface area contributed by atoms with E-state index in [1.165, 1.54) is 30.3 Å². The zero-order valence-electron chi connectivity index (χ0n) is 33.5. The Balaban J connectivity index is 1.10. The second kappa shape index (κ2) is 13.8. The second-order valence-corrected chi connectivity index (χ2v) is 19.5. The van der Waals surface area contributed by atoms with Crippen molar-refractivity contribution in [3.63, 3.8) is 0 Å². The van der Waals surface area contributed by atoms with Crippen LogP contribution in [0, 0.1) is 68.3 Å². The van der Waals surface area contributed by atoms with Crippen LogP contribution in [0.2, 0.25) is 0 Å². The molecule has 0 radical (unpaired) electrons. The van der Waals surface area contributed by atoms with E-state index in [4.69, 9.17) is 0 Å². The molecule has 5 aliphatic rings. The molecule has 4 unspecified atom stereocenters. The summed E-state index contributed by atoms with van der Waals surface area (Å²) in [7, 11) is 0. The maximum atomic E-state index is 15.3. The Labute approximate surface area is 325 Å². The van der Waals surface area contributed by atoms with Gasteiger partial charge in [-0.1, -0.05) is 58.9 Å². The van der Waals surface area contributed by atoms with Crippen molar-refractivity contribution in [1.82, 2.24) is 10.6 Å². The van der Waals surface area contributed by atoms with Gasteiger partial charge in [-0.15, -0.1) is 0 Å². The van der Waals surface area contributed by atoms with E-state index in [0.29, 0.717) is 17.8 Å². The quantitative estimate of drug-likeness (QED) is 0.201. The van der Waals surface area contributed by atoms with Crippen LogP contribution < -0.4 is 10.6 Å². The molecule has 5 saturated carbocycles. The van der Waals surface area contributed by atoms with Gasteiger partial charge in [-0.3, -0.25) is 9.59 Å². The molecule has 5 aliphatic carbocycles. The number of rotatable bonds is 8. The van der Waals surface area contributed by atoms with E-state index in [2.05, 4.69) is 58.8 Å². The first-order valence-electron chi connectivity index (χ1n) is 20.5. The van der Waals surface area contributed by atoms with Crippen molar-refractivity contribution in [3.05, 3.63) is 82.4 Å². The maximum absolute atomic E-state index is 15.3. The summed E-state index contributed by atoms with van der Waals surface area (Å²) in [4.78, 5) is 39.1. The number of hydrogen-bond donors (Lipinski definition) is 4. The van der Waals surface area contributed by atoms with E-state index < -0.39 is 34.5 Å². The van der Waals surface area contributed by atoms with Gasteiger partial charge < -0.3 is 20.8 Å². The minimum atomic E-state index is -1.40. The number of amides is 2. The van der Waals surface area contributed by atoms with Gasteiger partial charge in [0.25, 0.3) is 5.91 Å². The average Bonchev–Trinajstić information content (AvgIpc) is 3.54. The molecule has 0 aromatic heterocycles. The Hall–Kier alpha value is -3.59. The van der Waals surface area contributed by atoms with Crippen molar-refractivity contribution < 1.29 is 33.4 Å². The van der Waals surface area contributed by atoms with Gasteiger partial charge in [-0.25, -0.2) is 13.6 Å². The lowest BCUT2D eigenvalue weighted by atomic mass is 9.32. The Morgan fingerprint density at radius 2 is 1.55 bits per heavy atom. The van der Waals surface area contributed by atoms with Gasteiger partial charge in [0.05, 0.1) is 17.1 Å². The van der Waals surface area contributed by atoms with E-state index in [1.807, 2.05) is 0 Å². The normalized spacial score (nSPS) is 37.4. The predicted molar refractivity (Wildman–Crippen MR) is 208 cm³/mol. The molecule has 9 heteroatoms. The summed E-state index contributed by atoms with van der Waals surface area (Å²) < 4.78 is 29.9. The van der Waals surface area contributed by atoms with Crippen molar-refractivity contribution in [1.29, 1.82) is 0 Å². The van der Waals surface area contributed by atoms with Crippen molar-refractivity contribution in [2.24, 2.45) is 56.7 Å². The Kier molecular flexibility index (Phi) is 9.95. The topological polar surface area (TPSA) is 116 Å². The van der Waals surface area contributed by atoms with E-state index >= 15 is 4.39 Å². The lowest BCUT2D eigenvalue weighted by molar-refractivity contribution is -0.246. The van der Waals surface area contributed by atoms with Crippen LogP contribution in [0.25, 0.3) is 0 Å². The highest BCUT2D eigenvalue weighted by molar-refractivity contribution is 5.94. The molecule has 2 amide bonds. The van der Waals surface area contributed by atoms with E-state index in [9.17, 15) is 29.0 Å². The third-order valence-corrected chi connectivity index (χ3v) is 17.0. The number of carboxylic acids is 1. The molecule has 10 atom stereocenters. The van der Waals surface area contributed by atoms with Crippen molar-refractivity contribution in [2.75, 3.05) is 0 Å². The van der Waals surface area contributed by atoms with Crippen LogP contribution in [0.3, 0.4) is 0 Å². The van der Waals surface area contributed by atoms with Crippen LogP contribution in [0.4, 0.5) is 8.78 Å². The van der Waals surface area contributed by atoms with Gasteiger partial charge in [0, 0.05) is 29.8 Å². The van der Waals surface area contributed by atoms with Crippen LogP contribution in [-0.4, -0.2) is 34.1 Å². The van der Waals surface area contributed by atoms with Crippen LogP contribution in [-0.2, 0) is 17.9 Å². The highest BCUT2D eigenvalue weighted by Crippen LogP contribution is 2.77. The van der Waals surface area contributed by atoms with E-state index in [0.717, 1.165) is 75.8 Å². The summed E-state index contributed by atoms with van der Waals surface area (Å²) in [6, 6.07) is 7.92. The van der Waals surface area contributed by atoms with Gasteiger partial charge in [-0.2, -0.15) is 0 Å². The lowest BCUT2D eigenvalue weighted by Gasteiger charge is -2.72. The number of benzene rings is 2. The first-order valence-corrected chi connectivity index (χ1v) is 20.5. The number of aliphatic hydroxyl groups excluding tert-OH is 1. The van der Waals surface area contributed by atoms with Crippen LogP contribution >= 0.6 is 0 Å². The number of carbonyl (C=O) groups excluding carboxylic acids is 2. The number of aromatic carboxylic acids is 1. The molecular weight excluding hydrogens is 699 g/mol. The van der Waals surface area contributed by atoms with Gasteiger partial charge in [0.2, 0.25) is 5.91 Å². The maximum Gasteiger partial charge on any atom is 0.338 e. The fourth-order valence-corrected chi connectivity index (χ4v) is 13.9. The second-order valence-electron chi connectivity index (χ2n) is 19.5. The standard InChI is InChI=1S/C46H60F2N2O5/c1-26(2)30-15-20-46(41(55)50-25-29-23-27(11-13-33(29)47)39(52)49-24-28-9-8-10-31(38(28)48)40(53)54)22-21-44(6)32(37(30)46)12-14-35-43(5)18-17-36(51)42(3,4)34(43)16-19-45(35,44)7/h8-11,13,23,30,32,34-37,51H,1,12,14-22,24-25H2,2-7H3,(H,49,52)(H,50,55)(H,53,54)/t30-,32?,34?,35?,36-,37?,43-,44+,45+,46-/m0/s1. The molecule has 4 N–H and O–H groups in total. The monoisotopic (exact) mass is 758 g/mol. The Morgan fingerprint density at radius 3 is 2.25 bits per heavy atom. The smallest absolute Gasteiger partial charge is 0.338 e. The number of nitrogens with one attached hydrogen (secondary N) is 2. The number of allylic oxidation sites excluding steroid dienone is 1. The summed E-state index contributed by atoms with van der Waals surface area (Å²) in [5.74, 6) is -1.72. The van der Waals surface area contributed by atoms with Gasteiger partial charge in [-0.05, 0) is 147 Å². The van der Waals surface area contributed by atoms with Crippen LogP contribution in [0.15, 0.2) is 48.6 Å². The highest BCUT2D eigenvalue weighted by atomic mass is 19.1. The Bertz CT molecular complexity index is 1910. The minimum Gasteiger partial charge on any atom is -0.478 e. The molecule has 55 heavy (non-hydrogen) atoms. The van der Waals surface area contributed by atoms with E-state index in [1.54, 1.807) is 0 Å². The van der Waals surface area contributed by atoms with E-state index in [-0.39, 0.29) is 75.3 Å². The van der Waals surface area contributed by atoms with Crippen LogP contribution in [0.1, 0.15) is 138 Å². The molecule has 0 heterocycles. The predicted octanol–water partition coefficient (Wildman–Crippen LogP) is 9.23. The molecule has 7 rings (SSSR count). The van der Waals surface area contributed by atoms with Crippen LogP contribution in [0.5, 0.6) is 0 Å². The average molecular weight is 759 g/mol. The fourth-order valence-electron chi connectivity index (χ4n) is 13.9. The first kappa shape index (κ1) is 39.6. The number of carbonyl (C=O) groups is 3. The SMILES string of the molecule is C=C(C)[C@@H]1CC[C@]2(C(=O)NCc3cc(C(=O)NCc4cccc(C(=O)O)c4F)ccc3F)CC[C@]3(C)C(CCC4[C@@]5(C)CC[C@H](O)C(C)(C)C5CC[C@]43C)C12. The first-order chi connectivity index (χ1) is 25.8. The van der Waals surface area contributed by atoms with Crippen molar-refractivity contribution in [3.8, 4) is 0 Å². The summed E-state index contributed by atoms with van der Waals surface area (Å²) in [6.45, 7) is 18.4. The minimum absolute atomic E-state index is 0.0204. The number of carboxylic acid groups (broad SMARTS) is 1. The number of halogens is 2. The summed E-state index contributed by atoms with van der Waals surface area (Å²) in [5.41, 5.74) is 0.620. The molecular formula is C46H60F2N2O5.